The van der Waals surface area contributed by atoms with Gasteiger partial charge >= 0.3 is 0 Å². The first-order valence-corrected chi connectivity index (χ1v) is 6.64. The second-order valence-electron chi connectivity index (χ2n) is 5.86. The second kappa shape index (κ2) is 5.03. The van der Waals surface area contributed by atoms with E-state index >= 15 is 0 Å². The van der Waals surface area contributed by atoms with Crippen molar-refractivity contribution in [2.75, 3.05) is 13.2 Å². The molecule has 0 aromatic heterocycles. The zero-order valence-corrected chi connectivity index (χ0v) is 10.5. The average Bonchev–Trinajstić information content (AvgIpc) is 2.29. The highest BCUT2D eigenvalue weighted by atomic mass is 16.5. The van der Waals surface area contributed by atoms with E-state index in [2.05, 4.69) is 19.2 Å². The monoisotopic (exact) mass is 227 g/mol. The van der Waals surface area contributed by atoms with Crippen molar-refractivity contribution in [1.29, 1.82) is 0 Å². The van der Waals surface area contributed by atoms with Crippen LogP contribution in [0.5, 0.6) is 0 Å². The van der Waals surface area contributed by atoms with Gasteiger partial charge in [0, 0.05) is 18.1 Å². The molecular weight excluding hydrogens is 202 g/mol. The molecule has 3 nitrogen and oxygen atoms in total. The highest BCUT2D eigenvalue weighted by Crippen LogP contribution is 2.40. The van der Waals surface area contributed by atoms with Crippen molar-refractivity contribution >= 4 is 0 Å². The molecule has 2 aliphatic rings. The Morgan fingerprint density at radius 1 is 1.38 bits per heavy atom. The first-order chi connectivity index (χ1) is 7.60. The van der Waals surface area contributed by atoms with Gasteiger partial charge in [0.05, 0.1) is 12.2 Å². The van der Waals surface area contributed by atoms with Crippen LogP contribution in [0, 0.1) is 5.41 Å². The molecule has 94 valence electrons. The number of hydrogen-bond acceptors (Lipinski definition) is 3. The molecule has 0 aromatic carbocycles. The van der Waals surface area contributed by atoms with Gasteiger partial charge in [-0.1, -0.05) is 13.8 Å². The third-order valence-corrected chi connectivity index (χ3v) is 4.35. The third-order valence-electron chi connectivity index (χ3n) is 4.35. The molecule has 2 fully saturated rings. The molecule has 16 heavy (non-hydrogen) atoms. The lowest BCUT2D eigenvalue weighted by Gasteiger charge is -2.49. The van der Waals surface area contributed by atoms with E-state index in [1.54, 1.807) is 0 Å². The van der Waals surface area contributed by atoms with Crippen molar-refractivity contribution in [3.05, 3.63) is 0 Å². The molecule has 1 saturated heterocycles. The van der Waals surface area contributed by atoms with Crippen LogP contribution in [0.4, 0.5) is 0 Å². The number of ether oxygens (including phenoxy) is 1. The summed E-state index contributed by atoms with van der Waals surface area (Å²) in [5, 5.41) is 13.2. The van der Waals surface area contributed by atoms with Crippen LogP contribution in [0.1, 0.15) is 46.0 Å². The summed E-state index contributed by atoms with van der Waals surface area (Å²) in [6, 6.07) is 0.478. The Labute approximate surface area is 98.6 Å². The van der Waals surface area contributed by atoms with E-state index in [0.717, 1.165) is 26.0 Å². The molecule has 1 saturated carbocycles. The Bertz CT molecular complexity index is 224. The molecule has 3 atom stereocenters. The Morgan fingerprint density at radius 3 is 2.75 bits per heavy atom. The summed E-state index contributed by atoms with van der Waals surface area (Å²) in [5.41, 5.74) is 0.0490. The fraction of sp³-hybridized carbons (Fsp3) is 1.00. The lowest BCUT2D eigenvalue weighted by molar-refractivity contribution is -0.0738. The van der Waals surface area contributed by atoms with Gasteiger partial charge < -0.3 is 15.2 Å². The molecule has 0 aromatic rings. The smallest absolute Gasteiger partial charge is 0.0621 e. The fourth-order valence-corrected chi connectivity index (χ4v) is 2.70. The summed E-state index contributed by atoms with van der Waals surface area (Å²) in [6.45, 7) is 6.23. The molecular formula is C13H25NO2. The molecule has 1 aliphatic carbocycles. The summed E-state index contributed by atoms with van der Waals surface area (Å²) < 4.78 is 5.70. The largest absolute Gasteiger partial charge is 0.392 e. The predicted octanol–water partition coefficient (Wildman–Crippen LogP) is 1.69. The van der Waals surface area contributed by atoms with Crippen LogP contribution < -0.4 is 5.32 Å². The molecule has 1 heterocycles. The van der Waals surface area contributed by atoms with Gasteiger partial charge in [-0.2, -0.15) is 0 Å². The van der Waals surface area contributed by atoms with Gasteiger partial charge in [0.2, 0.25) is 0 Å². The SMILES string of the molecule is CC1(C)C(O)CC1NCCC1CCCCO1. The van der Waals surface area contributed by atoms with Gasteiger partial charge in [-0.05, 0) is 38.6 Å². The first kappa shape index (κ1) is 12.3. The summed E-state index contributed by atoms with van der Waals surface area (Å²) >= 11 is 0. The molecule has 0 bridgehead atoms. The quantitative estimate of drug-likeness (QED) is 0.768. The topological polar surface area (TPSA) is 41.5 Å². The van der Waals surface area contributed by atoms with Gasteiger partial charge in [-0.15, -0.1) is 0 Å². The lowest BCUT2D eigenvalue weighted by Crippen LogP contribution is -2.60. The van der Waals surface area contributed by atoms with E-state index in [4.69, 9.17) is 4.74 Å². The fourth-order valence-electron chi connectivity index (χ4n) is 2.70. The Balaban J connectivity index is 1.61. The van der Waals surface area contributed by atoms with E-state index in [0.29, 0.717) is 12.1 Å². The highest BCUT2D eigenvalue weighted by molar-refractivity contribution is 5.01. The maximum Gasteiger partial charge on any atom is 0.0621 e. The number of hydrogen-bond donors (Lipinski definition) is 2. The van der Waals surface area contributed by atoms with E-state index in [1.807, 2.05) is 0 Å². The van der Waals surface area contributed by atoms with Crippen molar-refractivity contribution in [2.24, 2.45) is 5.41 Å². The summed E-state index contributed by atoms with van der Waals surface area (Å²) in [5.74, 6) is 0. The molecule has 0 radical (unpaired) electrons. The molecule has 2 rings (SSSR count). The Hall–Kier alpha value is -0.120. The predicted molar refractivity (Wildman–Crippen MR) is 64.4 cm³/mol. The van der Waals surface area contributed by atoms with E-state index in [-0.39, 0.29) is 11.5 Å². The number of nitrogens with one attached hydrogen (secondary N) is 1. The maximum absolute atomic E-state index is 9.63. The molecule has 1 aliphatic heterocycles. The zero-order valence-electron chi connectivity index (χ0n) is 10.5. The number of rotatable bonds is 4. The van der Waals surface area contributed by atoms with Crippen LogP contribution in [-0.2, 0) is 4.74 Å². The summed E-state index contributed by atoms with van der Waals surface area (Å²) in [7, 11) is 0. The average molecular weight is 227 g/mol. The van der Waals surface area contributed by atoms with Crippen molar-refractivity contribution in [1.82, 2.24) is 5.32 Å². The van der Waals surface area contributed by atoms with Crippen molar-refractivity contribution in [3.63, 3.8) is 0 Å². The zero-order chi connectivity index (χ0) is 11.6. The minimum atomic E-state index is -0.129. The van der Waals surface area contributed by atoms with Crippen molar-refractivity contribution in [3.8, 4) is 0 Å². The summed E-state index contributed by atoms with van der Waals surface area (Å²) in [6.07, 6.45) is 6.12. The number of aliphatic hydroxyl groups excluding tert-OH is 1. The molecule has 0 amide bonds. The van der Waals surface area contributed by atoms with Crippen LogP contribution in [-0.4, -0.2) is 36.5 Å². The van der Waals surface area contributed by atoms with E-state index in [9.17, 15) is 5.11 Å². The minimum absolute atomic E-state index is 0.0490. The van der Waals surface area contributed by atoms with E-state index in [1.165, 1.54) is 19.3 Å². The van der Waals surface area contributed by atoms with E-state index < -0.39 is 0 Å². The van der Waals surface area contributed by atoms with Crippen LogP contribution in [0.25, 0.3) is 0 Å². The van der Waals surface area contributed by atoms with Crippen LogP contribution >= 0.6 is 0 Å². The van der Waals surface area contributed by atoms with Crippen LogP contribution in [0.2, 0.25) is 0 Å². The van der Waals surface area contributed by atoms with Gasteiger partial charge in [-0.25, -0.2) is 0 Å². The molecule has 0 spiro atoms. The Kier molecular flexibility index (Phi) is 3.88. The second-order valence-corrected chi connectivity index (χ2v) is 5.86. The summed E-state index contributed by atoms with van der Waals surface area (Å²) in [4.78, 5) is 0. The Morgan fingerprint density at radius 2 is 2.19 bits per heavy atom. The van der Waals surface area contributed by atoms with Gasteiger partial charge in [0.25, 0.3) is 0 Å². The molecule has 3 unspecified atom stereocenters. The molecule has 2 N–H and O–H groups in total. The third kappa shape index (κ3) is 2.58. The lowest BCUT2D eigenvalue weighted by atomic mass is 9.64. The molecule has 3 heteroatoms. The highest BCUT2D eigenvalue weighted by Gasteiger charge is 2.46. The normalized spacial score (nSPS) is 38.1. The van der Waals surface area contributed by atoms with Crippen molar-refractivity contribution in [2.45, 2.75) is 64.2 Å². The van der Waals surface area contributed by atoms with Gasteiger partial charge in [0.15, 0.2) is 0 Å². The first-order valence-electron chi connectivity index (χ1n) is 6.64. The van der Waals surface area contributed by atoms with Crippen LogP contribution in [0.3, 0.4) is 0 Å². The van der Waals surface area contributed by atoms with Gasteiger partial charge in [-0.3, -0.25) is 0 Å². The van der Waals surface area contributed by atoms with Gasteiger partial charge in [0.1, 0.15) is 0 Å². The number of aliphatic hydroxyl groups is 1. The minimum Gasteiger partial charge on any atom is -0.392 e. The maximum atomic E-state index is 9.63. The van der Waals surface area contributed by atoms with Crippen molar-refractivity contribution < 1.29 is 9.84 Å². The van der Waals surface area contributed by atoms with Crippen LogP contribution in [0.15, 0.2) is 0 Å². The standard InChI is InChI=1S/C13H25NO2/c1-13(2)11(9-12(13)15)14-7-6-10-5-3-4-8-16-10/h10-12,14-15H,3-9H2,1-2H3.